The fraction of sp³-hybridized carbons (Fsp3) is 0.190. The third kappa shape index (κ3) is 4.19. The fourth-order valence-corrected chi connectivity index (χ4v) is 5.37. The summed E-state index contributed by atoms with van der Waals surface area (Å²) in [6.45, 7) is 0.660. The van der Waals surface area contributed by atoms with Gasteiger partial charge in [-0.2, -0.15) is 0 Å². The number of benzene rings is 2. The molecule has 1 aromatic heterocycles. The SMILES string of the molecule is Nc1ncc(-c2ccc(N3CCCS3(=O)=O)cc2)cc1OCc1c(Cl)cccc1Cl. The number of ether oxygens (including phenoxy) is 1. The van der Waals surface area contributed by atoms with Crippen LogP contribution in [-0.4, -0.2) is 25.7 Å². The summed E-state index contributed by atoms with van der Waals surface area (Å²) in [5.41, 5.74) is 8.95. The topological polar surface area (TPSA) is 85.5 Å². The Kier molecular flexibility index (Phi) is 5.77. The van der Waals surface area contributed by atoms with Gasteiger partial charge in [0.25, 0.3) is 0 Å². The second-order valence-electron chi connectivity index (χ2n) is 6.88. The second kappa shape index (κ2) is 8.34. The molecule has 2 aromatic carbocycles. The number of anilines is 2. The Balaban J connectivity index is 1.56. The number of pyridine rings is 1. The molecule has 0 unspecified atom stereocenters. The van der Waals surface area contributed by atoms with Gasteiger partial charge in [0.1, 0.15) is 6.61 Å². The van der Waals surface area contributed by atoms with Crippen LogP contribution in [0.2, 0.25) is 10.0 Å². The van der Waals surface area contributed by atoms with Gasteiger partial charge in [-0.1, -0.05) is 41.4 Å². The lowest BCUT2D eigenvalue weighted by molar-refractivity contribution is 0.307. The van der Waals surface area contributed by atoms with Crippen molar-refractivity contribution in [2.24, 2.45) is 0 Å². The molecule has 1 saturated heterocycles. The Hall–Kier alpha value is -2.48. The van der Waals surface area contributed by atoms with Crippen LogP contribution in [0.25, 0.3) is 11.1 Å². The monoisotopic (exact) mass is 463 g/mol. The summed E-state index contributed by atoms with van der Waals surface area (Å²) in [5, 5.41) is 1.02. The van der Waals surface area contributed by atoms with E-state index in [1.165, 1.54) is 4.31 Å². The lowest BCUT2D eigenvalue weighted by atomic mass is 10.1. The Morgan fingerprint density at radius 2 is 1.77 bits per heavy atom. The first-order valence-electron chi connectivity index (χ1n) is 9.27. The van der Waals surface area contributed by atoms with Crippen LogP contribution in [-0.2, 0) is 16.6 Å². The average molecular weight is 464 g/mol. The number of halogens is 2. The summed E-state index contributed by atoms with van der Waals surface area (Å²) in [6.07, 6.45) is 2.29. The second-order valence-corrected chi connectivity index (χ2v) is 9.71. The number of rotatable bonds is 5. The zero-order valence-corrected chi connectivity index (χ0v) is 18.2. The Morgan fingerprint density at radius 1 is 1.07 bits per heavy atom. The van der Waals surface area contributed by atoms with E-state index in [9.17, 15) is 8.42 Å². The zero-order chi connectivity index (χ0) is 21.3. The van der Waals surface area contributed by atoms with E-state index in [4.69, 9.17) is 33.7 Å². The fourth-order valence-electron chi connectivity index (χ4n) is 3.30. The molecule has 2 heterocycles. The van der Waals surface area contributed by atoms with Crippen molar-refractivity contribution in [2.45, 2.75) is 13.0 Å². The largest absolute Gasteiger partial charge is 0.485 e. The van der Waals surface area contributed by atoms with Crippen molar-refractivity contribution in [3.8, 4) is 16.9 Å². The van der Waals surface area contributed by atoms with E-state index >= 15 is 0 Å². The number of hydrogen-bond donors (Lipinski definition) is 1. The summed E-state index contributed by atoms with van der Waals surface area (Å²) in [7, 11) is -3.21. The summed E-state index contributed by atoms with van der Waals surface area (Å²) >= 11 is 12.4. The first kappa shape index (κ1) is 20.8. The summed E-state index contributed by atoms with van der Waals surface area (Å²) in [6, 6.07) is 14.3. The molecule has 0 radical (unpaired) electrons. The van der Waals surface area contributed by atoms with Gasteiger partial charge in [0.15, 0.2) is 11.6 Å². The Morgan fingerprint density at radius 3 is 2.40 bits per heavy atom. The number of nitrogen functional groups attached to an aromatic ring is 1. The van der Waals surface area contributed by atoms with Gasteiger partial charge in [-0.05, 0) is 42.3 Å². The van der Waals surface area contributed by atoms with Crippen LogP contribution >= 0.6 is 23.2 Å². The van der Waals surface area contributed by atoms with E-state index in [0.29, 0.717) is 40.0 Å². The van der Waals surface area contributed by atoms with Crippen LogP contribution in [0.4, 0.5) is 11.5 Å². The van der Waals surface area contributed by atoms with Crippen molar-refractivity contribution < 1.29 is 13.2 Å². The minimum Gasteiger partial charge on any atom is -0.485 e. The quantitative estimate of drug-likeness (QED) is 0.589. The van der Waals surface area contributed by atoms with Crippen LogP contribution in [0.3, 0.4) is 0 Å². The zero-order valence-electron chi connectivity index (χ0n) is 15.9. The third-order valence-electron chi connectivity index (χ3n) is 4.90. The first-order chi connectivity index (χ1) is 14.3. The lowest BCUT2D eigenvalue weighted by Crippen LogP contribution is -2.24. The number of sulfonamides is 1. The molecule has 0 spiro atoms. The molecule has 0 atom stereocenters. The van der Waals surface area contributed by atoms with E-state index < -0.39 is 10.0 Å². The molecule has 2 N–H and O–H groups in total. The number of aromatic nitrogens is 1. The predicted molar refractivity (Wildman–Crippen MR) is 121 cm³/mol. The highest BCUT2D eigenvalue weighted by molar-refractivity contribution is 7.93. The molecule has 3 aromatic rings. The van der Waals surface area contributed by atoms with E-state index in [-0.39, 0.29) is 18.2 Å². The van der Waals surface area contributed by atoms with Crippen LogP contribution < -0.4 is 14.8 Å². The maximum absolute atomic E-state index is 12.1. The third-order valence-corrected chi connectivity index (χ3v) is 7.48. The summed E-state index contributed by atoms with van der Waals surface area (Å²) in [5.74, 6) is 0.851. The molecular formula is C21H19Cl2N3O3S. The molecule has 4 rings (SSSR count). The van der Waals surface area contributed by atoms with Gasteiger partial charge in [-0.15, -0.1) is 0 Å². The number of nitrogens with zero attached hydrogens (tertiary/aromatic N) is 2. The average Bonchev–Trinajstić information content (AvgIpc) is 3.08. The van der Waals surface area contributed by atoms with Crippen LogP contribution in [0.15, 0.2) is 54.7 Å². The first-order valence-corrected chi connectivity index (χ1v) is 11.6. The molecule has 0 bridgehead atoms. The van der Waals surface area contributed by atoms with Crippen molar-refractivity contribution in [3.63, 3.8) is 0 Å². The minimum atomic E-state index is -3.21. The van der Waals surface area contributed by atoms with Gasteiger partial charge in [0, 0.05) is 33.9 Å². The highest BCUT2D eigenvalue weighted by atomic mass is 35.5. The van der Waals surface area contributed by atoms with Crippen LogP contribution in [0.5, 0.6) is 5.75 Å². The van der Waals surface area contributed by atoms with E-state index in [1.54, 1.807) is 42.6 Å². The van der Waals surface area contributed by atoms with Gasteiger partial charge in [-0.25, -0.2) is 13.4 Å². The molecule has 30 heavy (non-hydrogen) atoms. The summed E-state index contributed by atoms with van der Waals surface area (Å²) < 4.78 is 31.5. The molecule has 1 fully saturated rings. The highest BCUT2D eigenvalue weighted by Crippen LogP contribution is 2.32. The smallest absolute Gasteiger partial charge is 0.235 e. The van der Waals surface area contributed by atoms with Crippen molar-refractivity contribution in [2.75, 3.05) is 22.3 Å². The molecule has 0 aliphatic carbocycles. The van der Waals surface area contributed by atoms with E-state index in [1.807, 2.05) is 12.1 Å². The lowest BCUT2D eigenvalue weighted by Gasteiger charge is -2.17. The number of hydrogen-bond acceptors (Lipinski definition) is 5. The Bertz CT molecular complexity index is 1160. The molecule has 0 amide bonds. The molecular weight excluding hydrogens is 445 g/mol. The molecule has 156 valence electrons. The maximum Gasteiger partial charge on any atom is 0.235 e. The van der Waals surface area contributed by atoms with E-state index in [2.05, 4.69) is 4.98 Å². The normalized spacial score (nSPS) is 15.3. The summed E-state index contributed by atoms with van der Waals surface area (Å²) in [4.78, 5) is 4.22. The van der Waals surface area contributed by atoms with Gasteiger partial charge < -0.3 is 10.5 Å². The van der Waals surface area contributed by atoms with Crippen LogP contribution in [0, 0.1) is 0 Å². The van der Waals surface area contributed by atoms with Gasteiger partial charge in [0.05, 0.1) is 11.4 Å². The molecule has 9 heteroatoms. The van der Waals surface area contributed by atoms with Gasteiger partial charge >= 0.3 is 0 Å². The van der Waals surface area contributed by atoms with Crippen LogP contribution in [0.1, 0.15) is 12.0 Å². The molecule has 0 saturated carbocycles. The predicted octanol–water partition coefficient (Wildman–Crippen LogP) is 4.76. The highest BCUT2D eigenvalue weighted by Gasteiger charge is 2.28. The van der Waals surface area contributed by atoms with Crippen molar-refractivity contribution in [3.05, 3.63) is 70.3 Å². The standard InChI is InChI=1S/C21H19Cl2N3O3S/c22-18-3-1-4-19(23)17(18)13-29-20-11-15(12-25-21(20)24)14-5-7-16(8-6-14)26-9-2-10-30(26,27)28/h1,3-8,11-12H,2,9-10,13H2,(H2,24,25). The molecule has 1 aliphatic rings. The van der Waals surface area contributed by atoms with Crippen molar-refractivity contribution >= 4 is 44.7 Å². The molecule has 6 nitrogen and oxygen atoms in total. The van der Waals surface area contributed by atoms with Crippen molar-refractivity contribution in [1.29, 1.82) is 0 Å². The van der Waals surface area contributed by atoms with Gasteiger partial charge in [0.2, 0.25) is 10.0 Å². The minimum absolute atomic E-state index is 0.152. The number of nitrogens with two attached hydrogens (primary N) is 1. The van der Waals surface area contributed by atoms with E-state index in [0.717, 1.165) is 11.1 Å². The Labute approximate surface area is 185 Å². The molecule has 1 aliphatic heterocycles. The van der Waals surface area contributed by atoms with Gasteiger partial charge in [-0.3, -0.25) is 4.31 Å². The van der Waals surface area contributed by atoms with Crippen molar-refractivity contribution in [1.82, 2.24) is 4.98 Å². The maximum atomic E-state index is 12.1.